The second-order valence-electron chi connectivity index (χ2n) is 6.03. The maximum absolute atomic E-state index is 12.9. The minimum atomic E-state index is -3.55. The number of piperidine rings is 1. The Labute approximate surface area is 139 Å². The van der Waals surface area contributed by atoms with E-state index in [9.17, 15) is 13.2 Å². The Morgan fingerprint density at radius 3 is 2.70 bits per heavy atom. The van der Waals surface area contributed by atoms with E-state index in [0.29, 0.717) is 12.1 Å². The smallest absolute Gasteiger partial charge is 0.254 e. The average Bonchev–Trinajstić information content (AvgIpc) is 2.54. The minimum absolute atomic E-state index is 0.0531. The van der Waals surface area contributed by atoms with Crippen LogP contribution in [0, 0.1) is 6.92 Å². The van der Waals surface area contributed by atoms with E-state index in [-0.39, 0.29) is 16.8 Å². The molecule has 128 valence electrons. The lowest BCUT2D eigenvalue weighted by atomic mass is 9.98. The van der Waals surface area contributed by atoms with Crippen LogP contribution in [-0.2, 0) is 10.0 Å². The van der Waals surface area contributed by atoms with Crippen molar-refractivity contribution in [2.45, 2.75) is 57.4 Å². The molecule has 0 saturated carbocycles. The fourth-order valence-electron chi connectivity index (χ4n) is 3.12. The molecular formula is C17H26N2O3S. The standard InChI is InChI=1S/C17H26N2O3S/c1-4-14-8-6-7-11-19(14)17(20)16-12-15(10-9-13(16)3)23(21,22)18-5-2/h9-10,12,14,18H,4-8,11H2,1-3H3/t14-/m1/s1. The number of amides is 1. The molecule has 1 aliphatic rings. The fourth-order valence-corrected chi connectivity index (χ4v) is 4.19. The van der Waals surface area contributed by atoms with Crippen LogP contribution in [0.25, 0.3) is 0 Å². The van der Waals surface area contributed by atoms with Gasteiger partial charge in [-0.05, 0) is 50.3 Å². The number of benzene rings is 1. The first kappa shape index (κ1) is 17.9. The van der Waals surface area contributed by atoms with Crippen molar-refractivity contribution in [3.05, 3.63) is 29.3 Å². The summed E-state index contributed by atoms with van der Waals surface area (Å²) < 4.78 is 26.8. The van der Waals surface area contributed by atoms with E-state index >= 15 is 0 Å². The third-order valence-electron chi connectivity index (χ3n) is 4.44. The Bertz CT molecular complexity index is 670. The molecule has 0 unspecified atom stereocenters. The van der Waals surface area contributed by atoms with Crippen LogP contribution in [-0.4, -0.2) is 38.4 Å². The molecule has 1 aliphatic heterocycles. The number of hydrogen-bond acceptors (Lipinski definition) is 3. The highest BCUT2D eigenvalue weighted by Gasteiger charge is 2.28. The maximum Gasteiger partial charge on any atom is 0.254 e. The van der Waals surface area contributed by atoms with Crippen molar-refractivity contribution >= 4 is 15.9 Å². The van der Waals surface area contributed by atoms with Gasteiger partial charge >= 0.3 is 0 Å². The summed E-state index contributed by atoms with van der Waals surface area (Å²) in [5, 5.41) is 0. The van der Waals surface area contributed by atoms with Gasteiger partial charge < -0.3 is 4.90 Å². The van der Waals surface area contributed by atoms with E-state index in [4.69, 9.17) is 0 Å². The third kappa shape index (κ3) is 3.93. The molecule has 6 heteroatoms. The first-order valence-electron chi connectivity index (χ1n) is 8.32. The molecule has 5 nitrogen and oxygen atoms in total. The summed E-state index contributed by atoms with van der Waals surface area (Å²) in [7, 11) is -3.55. The molecule has 0 radical (unpaired) electrons. The third-order valence-corrected chi connectivity index (χ3v) is 5.99. The molecule has 0 bridgehead atoms. The Hall–Kier alpha value is -1.40. The highest BCUT2D eigenvalue weighted by Crippen LogP contribution is 2.24. The molecule has 1 aromatic rings. The zero-order valence-electron chi connectivity index (χ0n) is 14.1. The zero-order valence-corrected chi connectivity index (χ0v) is 14.9. The highest BCUT2D eigenvalue weighted by molar-refractivity contribution is 7.89. The molecule has 2 rings (SSSR count). The van der Waals surface area contributed by atoms with E-state index in [2.05, 4.69) is 11.6 Å². The summed E-state index contributed by atoms with van der Waals surface area (Å²) in [5.41, 5.74) is 1.30. The Kier molecular flexibility index (Phi) is 5.81. The van der Waals surface area contributed by atoms with Gasteiger partial charge in [0.2, 0.25) is 10.0 Å². The van der Waals surface area contributed by atoms with Crippen LogP contribution >= 0.6 is 0 Å². The van der Waals surface area contributed by atoms with Crippen LogP contribution in [0.2, 0.25) is 0 Å². The lowest BCUT2D eigenvalue weighted by molar-refractivity contribution is 0.0607. The van der Waals surface area contributed by atoms with Gasteiger partial charge in [0.15, 0.2) is 0 Å². The molecule has 23 heavy (non-hydrogen) atoms. The molecule has 1 amide bonds. The molecule has 1 aromatic carbocycles. The van der Waals surface area contributed by atoms with Crippen LogP contribution < -0.4 is 4.72 Å². The molecule has 1 N–H and O–H groups in total. The largest absolute Gasteiger partial charge is 0.336 e. The van der Waals surface area contributed by atoms with E-state index in [1.165, 1.54) is 6.07 Å². The average molecular weight is 338 g/mol. The number of aryl methyl sites for hydroxylation is 1. The summed E-state index contributed by atoms with van der Waals surface area (Å²) in [5.74, 6) is -0.0531. The lowest BCUT2D eigenvalue weighted by Crippen LogP contribution is -2.43. The van der Waals surface area contributed by atoms with Gasteiger partial charge in [-0.3, -0.25) is 4.79 Å². The van der Waals surface area contributed by atoms with E-state index in [1.807, 2.05) is 11.8 Å². The molecule has 0 spiro atoms. The minimum Gasteiger partial charge on any atom is -0.336 e. The van der Waals surface area contributed by atoms with Crippen molar-refractivity contribution in [2.24, 2.45) is 0 Å². The fraction of sp³-hybridized carbons (Fsp3) is 0.588. The van der Waals surface area contributed by atoms with Crippen molar-refractivity contribution in [3.63, 3.8) is 0 Å². The van der Waals surface area contributed by atoms with Gasteiger partial charge in [0, 0.05) is 24.7 Å². The number of rotatable bonds is 5. The van der Waals surface area contributed by atoms with Gasteiger partial charge in [0.1, 0.15) is 0 Å². The van der Waals surface area contributed by atoms with Gasteiger partial charge in [-0.25, -0.2) is 13.1 Å². The molecule has 0 aromatic heterocycles. The Balaban J connectivity index is 2.36. The van der Waals surface area contributed by atoms with E-state index in [0.717, 1.165) is 37.8 Å². The topological polar surface area (TPSA) is 66.5 Å². The van der Waals surface area contributed by atoms with Crippen molar-refractivity contribution in [3.8, 4) is 0 Å². The lowest BCUT2D eigenvalue weighted by Gasteiger charge is -2.35. The molecule has 1 fully saturated rings. The van der Waals surface area contributed by atoms with Crippen LogP contribution in [0.1, 0.15) is 55.5 Å². The highest BCUT2D eigenvalue weighted by atomic mass is 32.2. The first-order chi connectivity index (χ1) is 10.9. The monoisotopic (exact) mass is 338 g/mol. The first-order valence-corrected chi connectivity index (χ1v) is 9.80. The number of sulfonamides is 1. The summed E-state index contributed by atoms with van der Waals surface area (Å²) in [6.45, 7) is 6.75. The van der Waals surface area contributed by atoms with Crippen molar-refractivity contribution in [1.29, 1.82) is 0 Å². The van der Waals surface area contributed by atoms with Crippen molar-refractivity contribution in [2.75, 3.05) is 13.1 Å². The maximum atomic E-state index is 12.9. The van der Waals surface area contributed by atoms with Crippen LogP contribution in [0.5, 0.6) is 0 Å². The summed E-state index contributed by atoms with van der Waals surface area (Å²) in [6, 6.07) is 5.03. The number of nitrogens with zero attached hydrogens (tertiary/aromatic N) is 1. The molecule has 0 aliphatic carbocycles. The number of carbonyl (C=O) groups is 1. The van der Waals surface area contributed by atoms with Gasteiger partial charge in [-0.15, -0.1) is 0 Å². The molecule has 1 heterocycles. The van der Waals surface area contributed by atoms with Crippen LogP contribution in [0.3, 0.4) is 0 Å². The number of carbonyl (C=O) groups excluding carboxylic acids is 1. The zero-order chi connectivity index (χ0) is 17.0. The SMILES string of the molecule is CCNS(=O)(=O)c1ccc(C)c(C(=O)N2CCCC[C@H]2CC)c1. The molecule has 1 saturated heterocycles. The van der Waals surface area contributed by atoms with Gasteiger partial charge in [0.25, 0.3) is 5.91 Å². The Morgan fingerprint density at radius 2 is 2.04 bits per heavy atom. The number of nitrogens with one attached hydrogen (secondary N) is 1. The predicted octanol–water partition coefficient (Wildman–Crippen LogP) is 2.70. The van der Waals surface area contributed by atoms with Gasteiger partial charge in [-0.2, -0.15) is 0 Å². The summed E-state index contributed by atoms with van der Waals surface area (Å²) in [4.78, 5) is 15.0. The second kappa shape index (κ2) is 7.45. The van der Waals surface area contributed by atoms with E-state index in [1.54, 1.807) is 19.1 Å². The van der Waals surface area contributed by atoms with Crippen molar-refractivity contribution < 1.29 is 13.2 Å². The van der Waals surface area contributed by atoms with Crippen LogP contribution in [0.4, 0.5) is 0 Å². The summed E-state index contributed by atoms with van der Waals surface area (Å²) >= 11 is 0. The Morgan fingerprint density at radius 1 is 1.30 bits per heavy atom. The molecular weight excluding hydrogens is 312 g/mol. The summed E-state index contributed by atoms with van der Waals surface area (Å²) in [6.07, 6.45) is 4.11. The quantitative estimate of drug-likeness (QED) is 0.897. The van der Waals surface area contributed by atoms with Gasteiger partial charge in [-0.1, -0.05) is 19.9 Å². The second-order valence-corrected chi connectivity index (χ2v) is 7.80. The number of hydrogen-bond donors (Lipinski definition) is 1. The van der Waals surface area contributed by atoms with Crippen LogP contribution in [0.15, 0.2) is 23.1 Å². The molecule has 1 atom stereocenters. The van der Waals surface area contributed by atoms with Crippen molar-refractivity contribution in [1.82, 2.24) is 9.62 Å². The number of likely N-dealkylation sites (tertiary alicyclic amines) is 1. The van der Waals surface area contributed by atoms with E-state index < -0.39 is 10.0 Å². The normalized spacial score (nSPS) is 18.9. The van der Waals surface area contributed by atoms with Gasteiger partial charge in [0.05, 0.1) is 4.90 Å². The predicted molar refractivity (Wildman–Crippen MR) is 91.0 cm³/mol.